The first-order valence-electron chi connectivity index (χ1n) is 7.02. The van der Waals surface area contributed by atoms with Gasteiger partial charge in [-0.2, -0.15) is 0 Å². The number of furan rings is 1. The van der Waals surface area contributed by atoms with Crippen molar-refractivity contribution in [2.24, 2.45) is 0 Å². The van der Waals surface area contributed by atoms with Crippen molar-refractivity contribution >= 4 is 27.9 Å². The molecule has 1 heterocycles. The Morgan fingerprint density at radius 1 is 1.23 bits per heavy atom. The quantitative estimate of drug-likeness (QED) is 0.675. The summed E-state index contributed by atoms with van der Waals surface area (Å²) in [7, 11) is 0. The first-order valence-corrected chi connectivity index (χ1v) is 7.02. The molecule has 3 aromatic rings. The van der Waals surface area contributed by atoms with Gasteiger partial charge in [0.1, 0.15) is 11.2 Å². The number of benzene rings is 2. The van der Waals surface area contributed by atoms with E-state index in [1.807, 2.05) is 19.1 Å². The van der Waals surface area contributed by atoms with Crippen molar-refractivity contribution < 1.29 is 23.4 Å². The third-order valence-corrected chi connectivity index (χ3v) is 3.54. The number of ether oxygens (including phenoxy) is 1. The molecule has 0 saturated heterocycles. The summed E-state index contributed by atoms with van der Waals surface area (Å²) in [6.07, 6.45) is 0.195. The van der Waals surface area contributed by atoms with E-state index in [1.54, 1.807) is 19.1 Å². The lowest BCUT2D eigenvalue weighted by molar-refractivity contribution is -0.142. The minimum Gasteiger partial charge on any atom is -0.466 e. The van der Waals surface area contributed by atoms with Gasteiger partial charge in [-0.25, -0.2) is 0 Å². The fourth-order valence-corrected chi connectivity index (χ4v) is 2.69. The van der Waals surface area contributed by atoms with Crippen LogP contribution in [0.2, 0.25) is 0 Å². The van der Waals surface area contributed by atoms with Gasteiger partial charge >= 0.3 is 5.97 Å². The molecule has 0 unspecified atom stereocenters. The number of carbonyl (C=O) groups is 1. The van der Waals surface area contributed by atoms with Crippen LogP contribution < -0.4 is 4.94 Å². The van der Waals surface area contributed by atoms with E-state index < -0.39 is 0 Å². The van der Waals surface area contributed by atoms with Gasteiger partial charge in [0.25, 0.3) is 0 Å². The van der Waals surface area contributed by atoms with Gasteiger partial charge in [-0.1, -0.05) is 6.07 Å². The molecule has 0 aliphatic rings. The average molecular weight is 302 g/mol. The zero-order valence-corrected chi connectivity index (χ0v) is 12.3. The second-order valence-electron chi connectivity index (χ2n) is 5.10. The number of carbonyl (C=O) groups excluding carboxylic acids is 1. The van der Waals surface area contributed by atoms with E-state index in [-0.39, 0.29) is 18.1 Å². The van der Waals surface area contributed by atoms with E-state index in [9.17, 15) is 9.32 Å². The number of fused-ring (bicyclic) bond motifs is 3. The molecule has 0 aliphatic carbocycles. The average Bonchev–Trinajstić information content (AvgIpc) is 2.84. The van der Waals surface area contributed by atoms with Crippen molar-refractivity contribution in [3.05, 3.63) is 41.5 Å². The van der Waals surface area contributed by atoms with Crippen molar-refractivity contribution in [1.29, 1.82) is 0 Å². The summed E-state index contributed by atoms with van der Waals surface area (Å²) >= 11 is 0. The fraction of sp³-hybridized carbons (Fsp3) is 0.235. The maximum atomic E-state index is 12.4. The Labute approximate surface area is 126 Å². The van der Waals surface area contributed by atoms with Crippen molar-refractivity contribution in [2.45, 2.75) is 20.3 Å². The predicted molar refractivity (Wildman–Crippen MR) is 80.5 cm³/mol. The molecule has 0 radical (unpaired) electrons. The molecule has 2 aromatic carbocycles. The highest BCUT2D eigenvalue weighted by atomic mass is 19.3. The molecule has 0 bridgehead atoms. The normalized spacial score (nSPS) is 11.0. The van der Waals surface area contributed by atoms with Gasteiger partial charge in [0.15, 0.2) is 5.75 Å². The monoisotopic (exact) mass is 302 g/mol. The Bertz CT molecular complexity index is 851. The van der Waals surface area contributed by atoms with Gasteiger partial charge in [-0.05, 0) is 49.2 Å². The van der Waals surface area contributed by atoms with Crippen LogP contribution in [0.1, 0.15) is 18.1 Å². The first-order chi connectivity index (χ1) is 10.6. The molecule has 0 saturated carbocycles. The molecule has 22 heavy (non-hydrogen) atoms. The van der Waals surface area contributed by atoms with Gasteiger partial charge in [0.05, 0.1) is 13.0 Å². The van der Waals surface area contributed by atoms with Crippen LogP contribution in [0.3, 0.4) is 0 Å². The zero-order chi connectivity index (χ0) is 15.7. The maximum Gasteiger partial charge on any atom is 0.310 e. The standard InChI is InChI=1S/C17H15FO4/c1-3-20-16(19)8-11-6-10(2)17-13-9-12(22-18)4-5-14(13)21-15(17)7-11/h4-7,9H,3,8H2,1-2H3. The zero-order valence-electron chi connectivity index (χ0n) is 12.3. The van der Waals surface area contributed by atoms with Crippen molar-refractivity contribution in [3.63, 3.8) is 0 Å². The molecule has 1 aromatic heterocycles. The molecular weight excluding hydrogens is 287 g/mol. The third kappa shape index (κ3) is 2.50. The third-order valence-electron chi connectivity index (χ3n) is 3.54. The molecule has 0 fully saturated rings. The minimum atomic E-state index is -0.273. The van der Waals surface area contributed by atoms with E-state index in [2.05, 4.69) is 4.94 Å². The van der Waals surface area contributed by atoms with E-state index in [0.29, 0.717) is 17.8 Å². The number of aryl methyl sites for hydroxylation is 1. The maximum absolute atomic E-state index is 12.4. The molecule has 0 amide bonds. The van der Waals surface area contributed by atoms with Gasteiger partial charge in [-0.3, -0.25) is 9.74 Å². The van der Waals surface area contributed by atoms with Gasteiger partial charge in [0, 0.05) is 15.3 Å². The summed E-state index contributed by atoms with van der Waals surface area (Å²) in [6.45, 7) is 4.06. The fourth-order valence-electron chi connectivity index (χ4n) is 2.69. The molecule has 3 rings (SSSR count). The van der Waals surface area contributed by atoms with E-state index in [0.717, 1.165) is 21.9 Å². The van der Waals surface area contributed by atoms with Crippen LogP contribution in [-0.4, -0.2) is 12.6 Å². The van der Waals surface area contributed by atoms with Crippen molar-refractivity contribution in [3.8, 4) is 5.75 Å². The topological polar surface area (TPSA) is 48.7 Å². The largest absolute Gasteiger partial charge is 0.466 e. The van der Waals surface area contributed by atoms with Crippen molar-refractivity contribution in [1.82, 2.24) is 0 Å². The van der Waals surface area contributed by atoms with Crippen molar-refractivity contribution in [2.75, 3.05) is 6.61 Å². The van der Waals surface area contributed by atoms with Crippen LogP contribution in [0, 0.1) is 6.92 Å². The number of hydrogen-bond donors (Lipinski definition) is 0. The Morgan fingerprint density at radius 3 is 2.77 bits per heavy atom. The minimum absolute atomic E-state index is 0.130. The molecule has 0 aliphatic heterocycles. The molecule has 114 valence electrons. The lowest BCUT2D eigenvalue weighted by atomic mass is 10.0. The Kier molecular flexibility index (Phi) is 3.71. The number of esters is 1. The number of hydrogen-bond acceptors (Lipinski definition) is 4. The first kappa shape index (κ1) is 14.4. The van der Waals surface area contributed by atoms with Gasteiger partial charge < -0.3 is 9.15 Å². The van der Waals surface area contributed by atoms with E-state index in [4.69, 9.17) is 9.15 Å². The van der Waals surface area contributed by atoms with Crippen LogP contribution >= 0.6 is 0 Å². The van der Waals surface area contributed by atoms with E-state index in [1.165, 1.54) is 6.07 Å². The molecule has 0 spiro atoms. The Balaban J connectivity index is 2.11. The van der Waals surface area contributed by atoms with Gasteiger partial charge in [0.2, 0.25) is 0 Å². The second kappa shape index (κ2) is 5.67. The van der Waals surface area contributed by atoms with Crippen LogP contribution in [-0.2, 0) is 16.0 Å². The summed E-state index contributed by atoms with van der Waals surface area (Å²) in [4.78, 5) is 15.4. The highest BCUT2D eigenvalue weighted by Crippen LogP contribution is 2.34. The summed E-state index contributed by atoms with van der Waals surface area (Å²) < 4.78 is 23.1. The second-order valence-corrected chi connectivity index (χ2v) is 5.10. The lowest BCUT2D eigenvalue weighted by Gasteiger charge is -2.04. The highest BCUT2D eigenvalue weighted by Gasteiger charge is 2.13. The summed E-state index contributed by atoms with van der Waals surface area (Å²) in [5.74, 6) is -0.143. The van der Waals surface area contributed by atoms with Crippen LogP contribution in [0.25, 0.3) is 21.9 Å². The van der Waals surface area contributed by atoms with Crippen LogP contribution in [0.4, 0.5) is 4.53 Å². The highest BCUT2D eigenvalue weighted by molar-refractivity contribution is 6.07. The Morgan fingerprint density at radius 2 is 2.05 bits per heavy atom. The lowest BCUT2D eigenvalue weighted by Crippen LogP contribution is -2.07. The summed E-state index contributed by atoms with van der Waals surface area (Å²) in [6, 6.07) is 8.49. The molecular formula is C17H15FO4. The van der Waals surface area contributed by atoms with Crippen LogP contribution in [0.5, 0.6) is 5.75 Å². The number of halogens is 1. The Hall–Kier alpha value is -2.56. The predicted octanol–water partition coefficient (Wildman–Crippen LogP) is 4.26. The number of rotatable bonds is 4. The molecule has 5 heteroatoms. The van der Waals surface area contributed by atoms with Crippen LogP contribution in [0.15, 0.2) is 34.7 Å². The summed E-state index contributed by atoms with van der Waals surface area (Å²) in [5.41, 5.74) is 3.08. The van der Waals surface area contributed by atoms with Gasteiger partial charge in [-0.15, -0.1) is 0 Å². The molecule has 0 atom stereocenters. The SMILES string of the molecule is CCOC(=O)Cc1cc(C)c2c(c1)oc1ccc(OF)cc12. The van der Waals surface area contributed by atoms with E-state index >= 15 is 0 Å². The molecule has 0 N–H and O–H groups in total. The molecule has 4 nitrogen and oxygen atoms in total. The summed E-state index contributed by atoms with van der Waals surface area (Å²) in [5, 5.41) is 1.67. The smallest absolute Gasteiger partial charge is 0.310 e.